The third kappa shape index (κ3) is 13.1. The summed E-state index contributed by atoms with van der Waals surface area (Å²) in [5, 5.41) is 6.32. The minimum atomic E-state index is -0.244. The number of hydrogen-bond donors (Lipinski definition) is 2. The van der Waals surface area contributed by atoms with Gasteiger partial charge in [-0.1, -0.05) is 20.8 Å². The van der Waals surface area contributed by atoms with Crippen molar-refractivity contribution in [2.75, 3.05) is 40.0 Å². The summed E-state index contributed by atoms with van der Waals surface area (Å²) in [5.74, 6) is 0.872. The number of carbonyl (C=O) groups excluding carboxylic acids is 1. The first kappa shape index (κ1) is 23.7. The fraction of sp³-hybridized carbons (Fsp3) is 0.867. The fourth-order valence-electron chi connectivity index (χ4n) is 1.51. The Morgan fingerprint density at radius 2 is 1.86 bits per heavy atom. The standard InChI is InChI=1S/C15H31N3O3.HI/c1-6-16-15(18-11-13(4)14(19)20-5)17-8-10-21-9-7-12(2)3;/h12-13H,6-11H2,1-5H3,(H2,16,17,18);1H. The van der Waals surface area contributed by atoms with Gasteiger partial charge in [-0.15, -0.1) is 24.0 Å². The second-order valence-electron chi connectivity index (χ2n) is 5.37. The Hall–Kier alpha value is -0.570. The van der Waals surface area contributed by atoms with Crippen molar-refractivity contribution in [3.05, 3.63) is 0 Å². The first-order chi connectivity index (χ1) is 10.0. The molecular formula is C15H32IN3O3. The van der Waals surface area contributed by atoms with Crippen LogP contribution < -0.4 is 10.6 Å². The summed E-state index contributed by atoms with van der Waals surface area (Å²) in [6.07, 6.45) is 1.07. The molecule has 0 saturated carbocycles. The molecule has 7 heteroatoms. The highest BCUT2D eigenvalue weighted by Gasteiger charge is 2.12. The highest BCUT2D eigenvalue weighted by atomic mass is 127. The molecule has 0 rings (SSSR count). The summed E-state index contributed by atoms with van der Waals surface area (Å²) in [6.45, 7) is 11.4. The summed E-state index contributed by atoms with van der Waals surface area (Å²) in [4.78, 5) is 15.7. The number of esters is 1. The van der Waals surface area contributed by atoms with E-state index in [1.807, 2.05) is 6.92 Å². The maximum absolute atomic E-state index is 11.3. The van der Waals surface area contributed by atoms with Crippen LogP contribution in [0.4, 0.5) is 0 Å². The molecule has 0 spiro atoms. The Morgan fingerprint density at radius 3 is 2.41 bits per heavy atom. The minimum Gasteiger partial charge on any atom is -0.469 e. The summed E-state index contributed by atoms with van der Waals surface area (Å²) in [5.41, 5.74) is 0. The van der Waals surface area contributed by atoms with Gasteiger partial charge in [0.05, 0.1) is 26.2 Å². The lowest BCUT2D eigenvalue weighted by Gasteiger charge is -2.13. The number of methoxy groups -OCH3 is 1. The Balaban J connectivity index is 0. The molecule has 0 aliphatic rings. The second kappa shape index (κ2) is 15.3. The predicted octanol–water partition coefficient (Wildman–Crippen LogP) is 2.03. The van der Waals surface area contributed by atoms with Crippen LogP contribution in [0, 0.1) is 11.8 Å². The van der Waals surface area contributed by atoms with Gasteiger partial charge in [-0.2, -0.15) is 0 Å². The van der Waals surface area contributed by atoms with E-state index < -0.39 is 0 Å². The monoisotopic (exact) mass is 429 g/mol. The molecule has 0 amide bonds. The van der Waals surface area contributed by atoms with Crippen molar-refractivity contribution < 1.29 is 14.3 Å². The molecule has 0 aromatic rings. The van der Waals surface area contributed by atoms with E-state index in [4.69, 9.17) is 4.74 Å². The van der Waals surface area contributed by atoms with Crippen molar-refractivity contribution in [1.82, 2.24) is 10.6 Å². The van der Waals surface area contributed by atoms with Crippen LogP contribution in [0.15, 0.2) is 4.99 Å². The quantitative estimate of drug-likeness (QED) is 0.183. The van der Waals surface area contributed by atoms with Crippen molar-refractivity contribution in [3.8, 4) is 0 Å². The molecule has 22 heavy (non-hydrogen) atoms. The summed E-state index contributed by atoms with van der Waals surface area (Å²) >= 11 is 0. The highest BCUT2D eigenvalue weighted by Crippen LogP contribution is 1.99. The predicted molar refractivity (Wildman–Crippen MR) is 101 cm³/mol. The first-order valence-corrected chi connectivity index (χ1v) is 7.69. The average Bonchev–Trinajstić information content (AvgIpc) is 2.46. The third-order valence-corrected chi connectivity index (χ3v) is 2.85. The minimum absolute atomic E-state index is 0. The molecule has 1 atom stereocenters. The van der Waals surface area contributed by atoms with Crippen LogP contribution in [0.3, 0.4) is 0 Å². The molecule has 0 heterocycles. The van der Waals surface area contributed by atoms with Gasteiger partial charge in [0.2, 0.25) is 0 Å². The van der Waals surface area contributed by atoms with Crippen LogP contribution >= 0.6 is 24.0 Å². The molecular weight excluding hydrogens is 397 g/mol. The molecule has 6 nitrogen and oxygen atoms in total. The van der Waals surface area contributed by atoms with Crippen LogP contribution in [0.1, 0.15) is 34.1 Å². The molecule has 0 aliphatic heterocycles. The van der Waals surface area contributed by atoms with Gasteiger partial charge in [-0.3, -0.25) is 9.79 Å². The fourth-order valence-corrected chi connectivity index (χ4v) is 1.51. The van der Waals surface area contributed by atoms with Gasteiger partial charge in [0.1, 0.15) is 0 Å². The van der Waals surface area contributed by atoms with E-state index in [1.165, 1.54) is 7.11 Å². The number of nitrogens with one attached hydrogen (secondary N) is 2. The van der Waals surface area contributed by atoms with Crippen molar-refractivity contribution in [3.63, 3.8) is 0 Å². The van der Waals surface area contributed by atoms with Crippen molar-refractivity contribution in [1.29, 1.82) is 0 Å². The lowest BCUT2D eigenvalue weighted by molar-refractivity contribution is -0.144. The van der Waals surface area contributed by atoms with Crippen LogP contribution in [0.25, 0.3) is 0 Å². The molecule has 2 N–H and O–H groups in total. The average molecular weight is 429 g/mol. The largest absolute Gasteiger partial charge is 0.469 e. The summed E-state index contributed by atoms with van der Waals surface area (Å²) in [7, 11) is 1.39. The van der Waals surface area contributed by atoms with E-state index in [-0.39, 0.29) is 35.9 Å². The summed E-state index contributed by atoms with van der Waals surface area (Å²) < 4.78 is 10.2. The smallest absolute Gasteiger partial charge is 0.310 e. The van der Waals surface area contributed by atoms with E-state index in [9.17, 15) is 4.79 Å². The van der Waals surface area contributed by atoms with Crippen LogP contribution in [-0.4, -0.2) is 51.9 Å². The Labute approximate surface area is 151 Å². The highest BCUT2D eigenvalue weighted by molar-refractivity contribution is 14.0. The van der Waals surface area contributed by atoms with Gasteiger partial charge in [-0.05, 0) is 19.3 Å². The van der Waals surface area contributed by atoms with E-state index >= 15 is 0 Å². The zero-order valence-electron chi connectivity index (χ0n) is 14.5. The zero-order chi connectivity index (χ0) is 16.1. The lowest BCUT2D eigenvalue weighted by Crippen LogP contribution is -2.39. The second-order valence-corrected chi connectivity index (χ2v) is 5.37. The zero-order valence-corrected chi connectivity index (χ0v) is 16.8. The van der Waals surface area contributed by atoms with Crippen LogP contribution in [-0.2, 0) is 14.3 Å². The first-order valence-electron chi connectivity index (χ1n) is 7.69. The Bertz CT molecular complexity index is 312. The molecule has 0 bridgehead atoms. The number of halogens is 1. The van der Waals surface area contributed by atoms with Crippen LogP contribution in [0.5, 0.6) is 0 Å². The molecule has 0 fully saturated rings. The number of ether oxygens (including phenoxy) is 2. The molecule has 0 aromatic carbocycles. The molecule has 0 radical (unpaired) electrons. The molecule has 1 unspecified atom stereocenters. The van der Waals surface area contributed by atoms with Gasteiger partial charge >= 0.3 is 5.97 Å². The maximum Gasteiger partial charge on any atom is 0.310 e. The number of hydrogen-bond acceptors (Lipinski definition) is 4. The molecule has 0 saturated heterocycles. The van der Waals surface area contributed by atoms with Crippen molar-refractivity contribution in [2.24, 2.45) is 16.8 Å². The molecule has 0 aliphatic carbocycles. The number of aliphatic imine (C=N–C) groups is 1. The van der Waals surface area contributed by atoms with Crippen molar-refractivity contribution in [2.45, 2.75) is 34.1 Å². The topological polar surface area (TPSA) is 72.0 Å². The summed E-state index contributed by atoms with van der Waals surface area (Å²) in [6, 6.07) is 0. The number of carbonyl (C=O) groups is 1. The maximum atomic E-state index is 11.3. The van der Waals surface area contributed by atoms with E-state index in [2.05, 4.69) is 34.2 Å². The SMILES string of the molecule is CCNC(=NCC(C)C(=O)OC)NCCOCCC(C)C.I. The number of nitrogens with zero attached hydrogens (tertiary/aromatic N) is 1. The third-order valence-electron chi connectivity index (χ3n) is 2.85. The van der Waals surface area contributed by atoms with Gasteiger partial charge in [-0.25, -0.2) is 0 Å². The lowest BCUT2D eigenvalue weighted by atomic mass is 10.1. The Kier molecular flexibility index (Phi) is 16.5. The molecule has 132 valence electrons. The number of rotatable bonds is 10. The van der Waals surface area contributed by atoms with Crippen molar-refractivity contribution >= 4 is 35.9 Å². The van der Waals surface area contributed by atoms with Gasteiger partial charge in [0, 0.05) is 19.7 Å². The Morgan fingerprint density at radius 1 is 1.18 bits per heavy atom. The molecule has 0 aromatic heterocycles. The van der Waals surface area contributed by atoms with Crippen LogP contribution in [0.2, 0.25) is 0 Å². The van der Waals surface area contributed by atoms with Gasteiger partial charge in [0.25, 0.3) is 0 Å². The van der Waals surface area contributed by atoms with Gasteiger partial charge < -0.3 is 20.1 Å². The van der Waals surface area contributed by atoms with Gasteiger partial charge in [0.15, 0.2) is 5.96 Å². The number of guanidine groups is 1. The van der Waals surface area contributed by atoms with E-state index in [1.54, 1.807) is 6.92 Å². The van der Waals surface area contributed by atoms with E-state index in [0.717, 1.165) is 19.6 Å². The normalized spacial score (nSPS) is 12.5. The van der Waals surface area contributed by atoms with E-state index in [0.29, 0.717) is 31.6 Å².